The number of ether oxygens (including phenoxy) is 3. The summed E-state index contributed by atoms with van der Waals surface area (Å²) in [6.45, 7) is 6.63. The Kier molecular flexibility index (Phi) is 56.6. The molecule has 0 amide bonds. The van der Waals surface area contributed by atoms with Crippen LogP contribution in [0.3, 0.4) is 0 Å². The minimum atomic E-state index is -0.760. The third-order valence-electron chi connectivity index (χ3n) is 14.4. The van der Waals surface area contributed by atoms with Gasteiger partial charge in [-0.25, -0.2) is 0 Å². The van der Waals surface area contributed by atoms with E-state index in [4.69, 9.17) is 14.2 Å². The van der Waals surface area contributed by atoms with Gasteiger partial charge in [-0.15, -0.1) is 0 Å². The van der Waals surface area contributed by atoms with Crippen LogP contribution in [0.4, 0.5) is 0 Å². The van der Waals surface area contributed by atoms with Crippen LogP contribution >= 0.6 is 0 Å². The number of hydrogen-bond donors (Lipinski definition) is 0. The summed E-state index contributed by atoms with van der Waals surface area (Å²) in [6, 6.07) is 0. The molecule has 0 fully saturated rings. The first-order valence-corrected chi connectivity index (χ1v) is 31.0. The fourth-order valence-electron chi connectivity index (χ4n) is 9.68. The van der Waals surface area contributed by atoms with Gasteiger partial charge in [0.1, 0.15) is 13.2 Å². The molecule has 6 nitrogen and oxygen atoms in total. The van der Waals surface area contributed by atoms with Gasteiger partial charge in [-0.2, -0.15) is 0 Å². The van der Waals surface area contributed by atoms with Crippen LogP contribution in [0.15, 0.2) is 0 Å². The second-order valence-corrected chi connectivity index (χ2v) is 21.3. The Morgan fingerprint density at radius 3 is 0.588 bits per heavy atom. The third-order valence-corrected chi connectivity index (χ3v) is 14.4. The Morgan fingerprint density at radius 2 is 0.397 bits per heavy atom. The fraction of sp³-hybridized carbons (Fsp3) is 0.952. The average molecular weight is 962 g/mol. The predicted octanol–water partition coefficient (Wildman–Crippen LogP) is 20.7. The molecule has 68 heavy (non-hydrogen) atoms. The summed E-state index contributed by atoms with van der Waals surface area (Å²) < 4.78 is 16.8. The van der Waals surface area contributed by atoms with Gasteiger partial charge in [0.15, 0.2) is 6.10 Å². The van der Waals surface area contributed by atoms with Crippen LogP contribution in [0.25, 0.3) is 0 Å². The topological polar surface area (TPSA) is 78.9 Å². The Labute approximate surface area is 425 Å². The molecule has 0 spiro atoms. The highest BCUT2D eigenvalue weighted by atomic mass is 16.6. The van der Waals surface area contributed by atoms with Gasteiger partial charge in [0.05, 0.1) is 0 Å². The first-order valence-electron chi connectivity index (χ1n) is 31.0. The lowest BCUT2D eigenvalue weighted by Crippen LogP contribution is -2.30. The molecule has 0 aromatic heterocycles. The van der Waals surface area contributed by atoms with Crippen LogP contribution in [0.2, 0.25) is 0 Å². The molecule has 0 saturated heterocycles. The maximum absolute atomic E-state index is 12.8. The van der Waals surface area contributed by atoms with Crippen LogP contribution in [0, 0.1) is 0 Å². The van der Waals surface area contributed by atoms with Gasteiger partial charge in [-0.05, 0) is 19.3 Å². The van der Waals surface area contributed by atoms with E-state index < -0.39 is 6.10 Å². The second kappa shape index (κ2) is 58.0. The number of hydrogen-bond acceptors (Lipinski definition) is 6. The van der Waals surface area contributed by atoms with Crippen molar-refractivity contribution in [1.29, 1.82) is 0 Å². The van der Waals surface area contributed by atoms with Crippen molar-refractivity contribution in [3.05, 3.63) is 0 Å². The van der Waals surface area contributed by atoms with Crippen molar-refractivity contribution in [2.24, 2.45) is 0 Å². The van der Waals surface area contributed by atoms with E-state index in [1.165, 1.54) is 257 Å². The highest BCUT2D eigenvalue weighted by Crippen LogP contribution is 2.18. The smallest absolute Gasteiger partial charge is 0.306 e. The lowest BCUT2D eigenvalue weighted by molar-refractivity contribution is -0.167. The number of esters is 3. The SMILES string of the molecule is CCCCCCCCCCCCCCCCCCCCCCCCCCC(=O)OCC(COC(=O)CCCCCCC)OC(=O)CCCCCCCCCCCCCCCCCCCCCCC. The van der Waals surface area contributed by atoms with E-state index in [1.54, 1.807) is 0 Å². The molecular formula is C62H120O6. The molecule has 0 aromatic rings. The maximum atomic E-state index is 12.8. The zero-order chi connectivity index (χ0) is 49.3. The Morgan fingerprint density at radius 1 is 0.235 bits per heavy atom. The van der Waals surface area contributed by atoms with Gasteiger partial charge in [0.25, 0.3) is 0 Å². The van der Waals surface area contributed by atoms with Crippen molar-refractivity contribution in [2.45, 2.75) is 367 Å². The van der Waals surface area contributed by atoms with Crippen LogP contribution in [-0.2, 0) is 28.6 Å². The van der Waals surface area contributed by atoms with E-state index in [2.05, 4.69) is 20.8 Å². The summed E-state index contributed by atoms with van der Waals surface area (Å²) in [4.78, 5) is 37.9. The Bertz CT molecular complexity index is 1010. The molecule has 1 atom stereocenters. The molecule has 0 aromatic carbocycles. The maximum Gasteiger partial charge on any atom is 0.306 e. The molecule has 0 rings (SSSR count). The van der Waals surface area contributed by atoms with Crippen molar-refractivity contribution < 1.29 is 28.6 Å². The van der Waals surface area contributed by atoms with E-state index in [0.29, 0.717) is 19.3 Å². The van der Waals surface area contributed by atoms with E-state index in [9.17, 15) is 14.4 Å². The number of carbonyl (C=O) groups is 3. The van der Waals surface area contributed by atoms with Gasteiger partial charge in [-0.1, -0.05) is 323 Å². The first-order chi connectivity index (χ1) is 33.5. The fourth-order valence-corrected chi connectivity index (χ4v) is 9.68. The van der Waals surface area contributed by atoms with Crippen molar-refractivity contribution >= 4 is 17.9 Å². The summed E-state index contributed by atoms with van der Waals surface area (Å²) in [5, 5.41) is 0. The normalized spacial score (nSPS) is 11.9. The molecule has 0 bridgehead atoms. The molecule has 0 aliphatic rings. The molecular weight excluding hydrogens is 841 g/mol. The van der Waals surface area contributed by atoms with Crippen molar-refractivity contribution in [3.8, 4) is 0 Å². The molecule has 0 N–H and O–H groups in total. The predicted molar refractivity (Wildman–Crippen MR) is 294 cm³/mol. The van der Waals surface area contributed by atoms with E-state index >= 15 is 0 Å². The molecule has 0 heterocycles. The standard InChI is InChI=1S/C62H120O6/c1-4-7-10-13-15-17-19-21-23-25-27-29-30-31-33-34-36-38-40-42-44-46-49-52-55-61(64)67-58-59(57-66-60(63)54-51-48-12-9-6-3)68-62(65)56-53-50-47-45-43-41-39-37-35-32-28-26-24-22-20-18-16-14-11-8-5-2/h59H,4-58H2,1-3H3. The van der Waals surface area contributed by atoms with Crippen LogP contribution in [0.5, 0.6) is 0 Å². The summed E-state index contributed by atoms with van der Waals surface area (Å²) in [6.07, 6.45) is 65.9. The van der Waals surface area contributed by atoms with Crippen molar-refractivity contribution in [3.63, 3.8) is 0 Å². The number of carbonyl (C=O) groups excluding carboxylic acids is 3. The largest absolute Gasteiger partial charge is 0.462 e. The van der Waals surface area contributed by atoms with E-state index in [0.717, 1.165) is 64.2 Å². The first kappa shape index (κ1) is 66.4. The summed E-state index contributed by atoms with van der Waals surface area (Å²) in [7, 11) is 0. The van der Waals surface area contributed by atoms with Gasteiger partial charge < -0.3 is 14.2 Å². The van der Waals surface area contributed by atoms with Crippen molar-refractivity contribution in [1.82, 2.24) is 0 Å². The molecule has 1 unspecified atom stereocenters. The van der Waals surface area contributed by atoms with Crippen LogP contribution < -0.4 is 0 Å². The van der Waals surface area contributed by atoms with Crippen LogP contribution in [0.1, 0.15) is 361 Å². The Balaban J connectivity index is 3.97. The van der Waals surface area contributed by atoms with Gasteiger partial charge in [-0.3, -0.25) is 14.4 Å². The third kappa shape index (κ3) is 55.3. The van der Waals surface area contributed by atoms with Crippen molar-refractivity contribution in [2.75, 3.05) is 13.2 Å². The highest BCUT2D eigenvalue weighted by molar-refractivity contribution is 5.71. The zero-order valence-corrected chi connectivity index (χ0v) is 46.4. The zero-order valence-electron chi connectivity index (χ0n) is 46.4. The van der Waals surface area contributed by atoms with E-state index in [1.807, 2.05) is 0 Å². The minimum absolute atomic E-state index is 0.0624. The molecule has 404 valence electrons. The quantitative estimate of drug-likeness (QED) is 0.0343. The molecule has 0 aliphatic heterocycles. The van der Waals surface area contributed by atoms with Gasteiger partial charge >= 0.3 is 17.9 Å². The monoisotopic (exact) mass is 961 g/mol. The number of unbranched alkanes of at least 4 members (excludes halogenated alkanes) is 47. The minimum Gasteiger partial charge on any atom is -0.462 e. The lowest BCUT2D eigenvalue weighted by Gasteiger charge is -2.18. The molecule has 0 radical (unpaired) electrons. The Hall–Kier alpha value is -1.59. The van der Waals surface area contributed by atoms with Crippen LogP contribution in [-0.4, -0.2) is 37.2 Å². The summed E-state index contributed by atoms with van der Waals surface area (Å²) in [5.41, 5.74) is 0. The summed E-state index contributed by atoms with van der Waals surface area (Å²) in [5.74, 6) is -0.848. The summed E-state index contributed by atoms with van der Waals surface area (Å²) >= 11 is 0. The molecule has 0 aliphatic carbocycles. The van der Waals surface area contributed by atoms with E-state index in [-0.39, 0.29) is 31.1 Å². The molecule has 6 heteroatoms. The number of rotatable bonds is 58. The van der Waals surface area contributed by atoms with Gasteiger partial charge in [0, 0.05) is 19.3 Å². The highest BCUT2D eigenvalue weighted by Gasteiger charge is 2.19. The lowest BCUT2D eigenvalue weighted by atomic mass is 10.0. The second-order valence-electron chi connectivity index (χ2n) is 21.3. The molecule has 0 saturated carbocycles. The van der Waals surface area contributed by atoms with Gasteiger partial charge in [0.2, 0.25) is 0 Å². The average Bonchev–Trinajstić information content (AvgIpc) is 3.34.